The molecule has 3 aromatic rings. The van der Waals surface area contributed by atoms with Crippen LogP contribution in [0.15, 0.2) is 53.9 Å². The van der Waals surface area contributed by atoms with Gasteiger partial charge in [0.25, 0.3) is 0 Å². The van der Waals surface area contributed by atoms with Gasteiger partial charge in [-0.05, 0) is 29.7 Å². The molecule has 0 saturated carbocycles. The maximum Gasteiger partial charge on any atom is 0.216 e. The van der Waals surface area contributed by atoms with Gasteiger partial charge in [0.05, 0.1) is 10.7 Å². The molecule has 5 heteroatoms. The van der Waals surface area contributed by atoms with Crippen LogP contribution in [0.5, 0.6) is 0 Å². The summed E-state index contributed by atoms with van der Waals surface area (Å²) in [4.78, 5) is 15.6. The van der Waals surface area contributed by atoms with Crippen LogP contribution < -0.4 is 5.32 Å². The third-order valence-corrected chi connectivity index (χ3v) is 4.92. The fourth-order valence-corrected chi connectivity index (χ4v) is 3.62. The minimum Gasteiger partial charge on any atom is -0.356 e. The summed E-state index contributed by atoms with van der Waals surface area (Å²) in [6.07, 6.45) is 1.62. The number of nitrogens with zero attached hydrogens (tertiary/aromatic N) is 1. The van der Waals surface area contributed by atoms with Gasteiger partial charge in [-0.2, -0.15) is 0 Å². The van der Waals surface area contributed by atoms with E-state index in [2.05, 4.69) is 41.0 Å². The number of amides is 1. The van der Waals surface area contributed by atoms with Gasteiger partial charge >= 0.3 is 0 Å². The second-order valence-electron chi connectivity index (χ2n) is 5.86. The molecule has 0 unspecified atom stereocenters. The summed E-state index contributed by atoms with van der Waals surface area (Å²) in [5, 5.41) is 6.73. The Labute approximate surface area is 156 Å². The first-order valence-electron chi connectivity index (χ1n) is 8.13. The Morgan fingerprint density at radius 3 is 2.68 bits per heavy atom. The van der Waals surface area contributed by atoms with Crippen molar-refractivity contribution in [3.8, 4) is 11.3 Å². The first-order valence-corrected chi connectivity index (χ1v) is 9.38. The highest BCUT2D eigenvalue weighted by atomic mass is 35.5. The lowest BCUT2D eigenvalue weighted by atomic mass is 10.1. The third-order valence-electron chi connectivity index (χ3n) is 3.83. The van der Waals surface area contributed by atoms with Crippen LogP contribution in [-0.2, 0) is 17.6 Å². The average Bonchev–Trinajstić information content (AvgIpc) is 3.04. The number of hydrogen-bond donors (Lipinski definition) is 1. The van der Waals surface area contributed by atoms with Crippen LogP contribution in [0.25, 0.3) is 11.3 Å². The van der Waals surface area contributed by atoms with E-state index in [-0.39, 0.29) is 5.91 Å². The van der Waals surface area contributed by atoms with Gasteiger partial charge in [-0.1, -0.05) is 48.0 Å². The maximum absolute atomic E-state index is 10.9. The smallest absolute Gasteiger partial charge is 0.216 e. The van der Waals surface area contributed by atoms with E-state index in [4.69, 9.17) is 16.6 Å². The number of halogens is 1. The number of nitrogens with one attached hydrogen (secondary N) is 1. The van der Waals surface area contributed by atoms with Gasteiger partial charge < -0.3 is 5.32 Å². The van der Waals surface area contributed by atoms with E-state index < -0.39 is 0 Å². The maximum atomic E-state index is 10.9. The molecular formula is C20H19ClN2OS. The second kappa shape index (κ2) is 8.28. The van der Waals surface area contributed by atoms with Crippen molar-refractivity contribution in [2.75, 3.05) is 6.54 Å². The molecule has 0 fully saturated rings. The molecule has 128 valence electrons. The minimum atomic E-state index is 0.00586. The van der Waals surface area contributed by atoms with Crippen molar-refractivity contribution in [1.29, 1.82) is 0 Å². The Morgan fingerprint density at radius 2 is 1.96 bits per heavy atom. The molecule has 0 atom stereocenters. The van der Waals surface area contributed by atoms with E-state index in [9.17, 15) is 4.79 Å². The third kappa shape index (κ3) is 5.15. The first kappa shape index (κ1) is 17.6. The van der Waals surface area contributed by atoms with Crippen LogP contribution in [0.3, 0.4) is 0 Å². The number of thiazole rings is 1. The van der Waals surface area contributed by atoms with Gasteiger partial charge in [0.2, 0.25) is 5.91 Å². The van der Waals surface area contributed by atoms with E-state index in [0.717, 1.165) is 34.1 Å². The Morgan fingerprint density at radius 1 is 1.16 bits per heavy atom. The largest absolute Gasteiger partial charge is 0.356 e. The monoisotopic (exact) mass is 370 g/mol. The summed E-state index contributed by atoms with van der Waals surface area (Å²) >= 11 is 7.70. The quantitative estimate of drug-likeness (QED) is 0.681. The average molecular weight is 371 g/mol. The van der Waals surface area contributed by atoms with Crippen molar-refractivity contribution in [3.05, 3.63) is 75.1 Å². The van der Waals surface area contributed by atoms with Gasteiger partial charge in [0, 0.05) is 35.9 Å². The highest BCUT2D eigenvalue weighted by Crippen LogP contribution is 2.24. The number of rotatable bonds is 6. The molecule has 0 radical (unpaired) electrons. The summed E-state index contributed by atoms with van der Waals surface area (Å²) in [5.74, 6) is 0.00586. The Kier molecular flexibility index (Phi) is 5.84. The zero-order valence-corrected chi connectivity index (χ0v) is 15.5. The van der Waals surface area contributed by atoms with Crippen molar-refractivity contribution in [1.82, 2.24) is 10.3 Å². The fraction of sp³-hybridized carbons (Fsp3) is 0.200. The number of carbonyl (C=O) groups is 1. The molecule has 0 spiro atoms. The van der Waals surface area contributed by atoms with Gasteiger partial charge in [-0.15, -0.1) is 11.3 Å². The summed E-state index contributed by atoms with van der Waals surface area (Å²) in [6.45, 7) is 2.20. The molecule has 25 heavy (non-hydrogen) atoms. The Balaban J connectivity index is 1.64. The normalized spacial score (nSPS) is 10.6. The van der Waals surface area contributed by atoms with E-state index in [1.165, 1.54) is 18.1 Å². The second-order valence-corrected chi connectivity index (χ2v) is 7.24. The molecule has 1 N–H and O–H groups in total. The number of aromatic nitrogens is 1. The van der Waals surface area contributed by atoms with E-state index in [1.807, 2.05) is 18.2 Å². The predicted molar refractivity (Wildman–Crippen MR) is 104 cm³/mol. The van der Waals surface area contributed by atoms with Crippen LogP contribution in [-0.4, -0.2) is 17.4 Å². The number of benzene rings is 2. The topological polar surface area (TPSA) is 42.0 Å². The zero-order chi connectivity index (χ0) is 17.6. The summed E-state index contributed by atoms with van der Waals surface area (Å²) in [6, 6.07) is 16.2. The predicted octanol–water partition coefficient (Wildman–Crippen LogP) is 4.73. The molecule has 0 bridgehead atoms. The lowest BCUT2D eigenvalue weighted by molar-refractivity contribution is -0.118. The van der Waals surface area contributed by atoms with Crippen LogP contribution >= 0.6 is 22.9 Å². The summed E-state index contributed by atoms with van der Waals surface area (Å²) in [7, 11) is 0. The molecule has 0 saturated heterocycles. The molecule has 0 aliphatic heterocycles. The van der Waals surface area contributed by atoms with Crippen molar-refractivity contribution in [2.24, 2.45) is 0 Å². The summed E-state index contributed by atoms with van der Waals surface area (Å²) in [5.41, 5.74) is 4.47. The van der Waals surface area contributed by atoms with E-state index in [0.29, 0.717) is 6.54 Å². The zero-order valence-electron chi connectivity index (χ0n) is 14.0. The van der Waals surface area contributed by atoms with E-state index >= 15 is 0 Å². The van der Waals surface area contributed by atoms with Gasteiger partial charge in [0.15, 0.2) is 0 Å². The lowest BCUT2D eigenvalue weighted by Gasteiger charge is -2.04. The van der Waals surface area contributed by atoms with Gasteiger partial charge in [-0.25, -0.2) is 4.98 Å². The highest BCUT2D eigenvalue weighted by molar-refractivity contribution is 7.10. The molecule has 1 aromatic heterocycles. The van der Waals surface area contributed by atoms with E-state index in [1.54, 1.807) is 11.3 Å². The number of carbonyl (C=O) groups excluding carboxylic acids is 1. The molecule has 1 amide bonds. The van der Waals surface area contributed by atoms with Crippen LogP contribution in [0.2, 0.25) is 5.02 Å². The number of hydrogen-bond acceptors (Lipinski definition) is 3. The van der Waals surface area contributed by atoms with Crippen molar-refractivity contribution in [3.63, 3.8) is 0 Å². The molecule has 0 aliphatic rings. The van der Waals surface area contributed by atoms with Crippen LogP contribution in [0, 0.1) is 0 Å². The Bertz CT molecular complexity index is 858. The fourth-order valence-electron chi connectivity index (χ4n) is 2.57. The highest BCUT2D eigenvalue weighted by Gasteiger charge is 2.06. The molecule has 0 aliphatic carbocycles. The summed E-state index contributed by atoms with van der Waals surface area (Å²) < 4.78 is 0. The lowest BCUT2D eigenvalue weighted by Crippen LogP contribution is -2.22. The van der Waals surface area contributed by atoms with Crippen LogP contribution in [0.1, 0.15) is 23.1 Å². The minimum absolute atomic E-state index is 0.00586. The van der Waals surface area contributed by atoms with Crippen LogP contribution in [0.4, 0.5) is 0 Å². The molecule has 1 heterocycles. The van der Waals surface area contributed by atoms with Crippen molar-refractivity contribution >= 4 is 28.8 Å². The SMILES string of the molecule is CC(=O)NCCc1ccc(-c2csc(Cc3cccc(Cl)c3)n2)cc1. The standard InChI is InChI=1S/C20H19ClN2OS/c1-14(24)22-10-9-15-5-7-17(8-6-15)19-13-25-20(23-19)12-16-3-2-4-18(21)11-16/h2-8,11,13H,9-10,12H2,1H3,(H,22,24). The van der Waals surface area contributed by atoms with Crippen molar-refractivity contribution < 1.29 is 4.79 Å². The molecule has 3 rings (SSSR count). The molecular weight excluding hydrogens is 352 g/mol. The van der Waals surface area contributed by atoms with Gasteiger partial charge in [0.1, 0.15) is 0 Å². The molecule has 2 aromatic carbocycles. The molecule has 3 nitrogen and oxygen atoms in total. The first-order chi connectivity index (χ1) is 12.1. The van der Waals surface area contributed by atoms with Gasteiger partial charge in [-0.3, -0.25) is 4.79 Å². The van der Waals surface area contributed by atoms with Crippen molar-refractivity contribution in [2.45, 2.75) is 19.8 Å². The Hall–Kier alpha value is -2.17.